The van der Waals surface area contributed by atoms with Gasteiger partial charge in [-0.3, -0.25) is 4.79 Å². The van der Waals surface area contributed by atoms with Gasteiger partial charge in [0.25, 0.3) is 0 Å². The maximum Gasteiger partial charge on any atom is 0.234 e. The smallest absolute Gasteiger partial charge is 0.234 e. The fourth-order valence-corrected chi connectivity index (χ4v) is 2.48. The summed E-state index contributed by atoms with van der Waals surface area (Å²) in [5, 5.41) is 0. The average Bonchev–Trinajstić information content (AvgIpc) is 2.01. The largest absolute Gasteiger partial charge is 0.366 e. The Balaban J connectivity index is 3.77. The molecule has 0 aromatic heterocycles. The molecule has 0 aliphatic carbocycles. The summed E-state index contributed by atoms with van der Waals surface area (Å²) in [7, 11) is 4.52. The minimum Gasteiger partial charge on any atom is -0.366 e. The molecule has 1 atom stereocenters. The van der Waals surface area contributed by atoms with Gasteiger partial charge in [-0.1, -0.05) is 19.8 Å². The molecule has 0 saturated carbocycles. The summed E-state index contributed by atoms with van der Waals surface area (Å²) in [5.41, 5.74) is 0.0311. The molecule has 0 saturated heterocycles. The first-order valence-corrected chi connectivity index (χ1v) is 6.64. The molecule has 0 rings (SSSR count). The summed E-state index contributed by atoms with van der Waals surface area (Å²) in [6.07, 6.45) is 3.90. The van der Waals surface area contributed by atoms with E-state index in [-0.39, 0.29) is 5.52 Å². The van der Waals surface area contributed by atoms with Crippen molar-refractivity contribution in [2.75, 3.05) is 33.8 Å². The number of carbonyl (C=O) groups is 1. The SMILES string of the molecule is CCCCCP(O)C(=O)C[N+](C)(C)C. The zero-order chi connectivity index (χ0) is 11.2. The summed E-state index contributed by atoms with van der Waals surface area (Å²) in [4.78, 5) is 21.1. The lowest BCUT2D eigenvalue weighted by Crippen LogP contribution is -2.39. The van der Waals surface area contributed by atoms with Gasteiger partial charge in [-0.2, -0.15) is 0 Å². The van der Waals surface area contributed by atoms with Gasteiger partial charge in [0.1, 0.15) is 14.7 Å². The van der Waals surface area contributed by atoms with Crippen LogP contribution in [0.5, 0.6) is 0 Å². The van der Waals surface area contributed by atoms with Crippen LogP contribution in [0.15, 0.2) is 0 Å². The Morgan fingerprint density at radius 1 is 1.29 bits per heavy atom. The highest BCUT2D eigenvalue weighted by atomic mass is 31.1. The van der Waals surface area contributed by atoms with Gasteiger partial charge in [0.2, 0.25) is 5.52 Å². The molecule has 1 N–H and O–H groups in total. The molecule has 0 heterocycles. The Hall–Kier alpha value is 0.0200. The van der Waals surface area contributed by atoms with Gasteiger partial charge < -0.3 is 9.38 Å². The fourth-order valence-electron chi connectivity index (χ4n) is 1.12. The van der Waals surface area contributed by atoms with Gasteiger partial charge in [-0.15, -0.1) is 0 Å². The Labute approximate surface area is 88.5 Å². The van der Waals surface area contributed by atoms with Crippen LogP contribution < -0.4 is 0 Å². The van der Waals surface area contributed by atoms with Crippen molar-refractivity contribution in [3.8, 4) is 0 Å². The second-order valence-electron chi connectivity index (χ2n) is 4.67. The predicted molar refractivity (Wildman–Crippen MR) is 61.4 cm³/mol. The van der Waals surface area contributed by atoms with Gasteiger partial charge >= 0.3 is 0 Å². The molecular formula is C10H23NO2P+. The van der Waals surface area contributed by atoms with Gasteiger partial charge in [0, 0.05) is 0 Å². The lowest BCUT2D eigenvalue weighted by molar-refractivity contribution is -0.861. The minimum absolute atomic E-state index is 0.0311. The van der Waals surface area contributed by atoms with E-state index in [0.717, 1.165) is 19.3 Å². The summed E-state index contributed by atoms with van der Waals surface area (Å²) >= 11 is 0. The molecule has 0 aromatic carbocycles. The molecule has 0 aliphatic rings. The van der Waals surface area contributed by atoms with Crippen LogP contribution in [-0.4, -0.2) is 48.8 Å². The number of quaternary nitrogens is 1. The number of likely N-dealkylation sites (N-methyl/N-ethyl adjacent to an activating group) is 1. The van der Waals surface area contributed by atoms with E-state index in [1.165, 1.54) is 0 Å². The lowest BCUT2D eigenvalue weighted by Gasteiger charge is -2.23. The molecule has 0 spiro atoms. The quantitative estimate of drug-likeness (QED) is 0.403. The van der Waals surface area contributed by atoms with Gasteiger partial charge in [0.15, 0.2) is 0 Å². The topological polar surface area (TPSA) is 37.3 Å². The Kier molecular flexibility index (Phi) is 6.50. The Bertz CT molecular complexity index is 177. The Morgan fingerprint density at radius 2 is 1.86 bits per heavy atom. The highest BCUT2D eigenvalue weighted by molar-refractivity contribution is 7.69. The zero-order valence-corrected chi connectivity index (χ0v) is 10.7. The highest BCUT2D eigenvalue weighted by Crippen LogP contribution is 2.32. The van der Waals surface area contributed by atoms with Crippen molar-refractivity contribution < 1.29 is 14.2 Å². The van der Waals surface area contributed by atoms with Gasteiger partial charge in [-0.25, -0.2) is 0 Å². The average molecular weight is 220 g/mol. The molecule has 0 aromatic rings. The minimum atomic E-state index is -1.37. The summed E-state index contributed by atoms with van der Waals surface area (Å²) in [5.74, 6) is 0. The summed E-state index contributed by atoms with van der Waals surface area (Å²) in [6, 6.07) is 0. The van der Waals surface area contributed by atoms with Crippen LogP contribution in [0.25, 0.3) is 0 Å². The molecule has 14 heavy (non-hydrogen) atoms. The molecule has 3 nitrogen and oxygen atoms in total. The Morgan fingerprint density at radius 3 is 2.29 bits per heavy atom. The van der Waals surface area contributed by atoms with Crippen LogP contribution in [0.1, 0.15) is 26.2 Å². The standard InChI is InChI=1S/C10H23NO2P/c1-5-6-7-8-14(13)10(12)9-11(2,3)4/h13H,5-9H2,1-4H3/q+1. The molecular weight excluding hydrogens is 197 g/mol. The van der Waals surface area contributed by atoms with Crippen molar-refractivity contribution in [1.82, 2.24) is 0 Å². The summed E-state index contributed by atoms with van der Waals surface area (Å²) in [6.45, 7) is 2.56. The number of hydrogen-bond acceptors (Lipinski definition) is 2. The van der Waals surface area contributed by atoms with Gasteiger partial charge in [-0.05, 0) is 12.6 Å². The fraction of sp³-hybridized carbons (Fsp3) is 0.900. The lowest BCUT2D eigenvalue weighted by atomic mass is 10.3. The molecule has 0 fully saturated rings. The van der Waals surface area contributed by atoms with E-state index >= 15 is 0 Å². The normalized spacial score (nSPS) is 14.1. The van der Waals surface area contributed by atoms with E-state index in [0.29, 0.717) is 17.2 Å². The zero-order valence-electron chi connectivity index (χ0n) is 9.79. The first-order chi connectivity index (χ1) is 6.37. The third-order valence-electron chi connectivity index (χ3n) is 1.87. The number of rotatable bonds is 7. The molecule has 0 bridgehead atoms. The van der Waals surface area contributed by atoms with Crippen LogP contribution in [0.3, 0.4) is 0 Å². The first-order valence-electron chi connectivity index (χ1n) is 5.16. The van der Waals surface area contributed by atoms with Crippen molar-refractivity contribution >= 4 is 13.7 Å². The van der Waals surface area contributed by atoms with E-state index in [1.54, 1.807) is 0 Å². The molecule has 0 radical (unpaired) electrons. The van der Waals surface area contributed by atoms with Crippen LogP contribution >= 0.6 is 8.15 Å². The van der Waals surface area contributed by atoms with E-state index < -0.39 is 8.15 Å². The molecule has 0 aliphatic heterocycles. The van der Waals surface area contributed by atoms with Crippen molar-refractivity contribution in [3.63, 3.8) is 0 Å². The number of carbonyl (C=O) groups excluding carboxylic acids is 1. The van der Waals surface area contributed by atoms with Crippen LogP contribution in [-0.2, 0) is 4.79 Å². The summed E-state index contributed by atoms with van der Waals surface area (Å²) < 4.78 is 0.603. The second-order valence-corrected chi connectivity index (χ2v) is 6.42. The monoisotopic (exact) mass is 220 g/mol. The number of unbranched alkanes of at least 4 members (excludes halogenated alkanes) is 2. The molecule has 4 heteroatoms. The van der Waals surface area contributed by atoms with Crippen LogP contribution in [0.4, 0.5) is 0 Å². The van der Waals surface area contributed by atoms with E-state index in [2.05, 4.69) is 6.92 Å². The molecule has 84 valence electrons. The van der Waals surface area contributed by atoms with E-state index in [1.807, 2.05) is 21.1 Å². The van der Waals surface area contributed by atoms with Crippen molar-refractivity contribution in [2.45, 2.75) is 26.2 Å². The van der Waals surface area contributed by atoms with Crippen molar-refractivity contribution in [1.29, 1.82) is 0 Å². The molecule has 0 amide bonds. The maximum atomic E-state index is 11.5. The van der Waals surface area contributed by atoms with Crippen molar-refractivity contribution in [2.24, 2.45) is 0 Å². The van der Waals surface area contributed by atoms with E-state index in [9.17, 15) is 9.69 Å². The van der Waals surface area contributed by atoms with Crippen LogP contribution in [0.2, 0.25) is 0 Å². The number of hydrogen-bond donors (Lipinski definition) is 1. The maximum absolute atomic E-state index is 11.5. The highest BCUT2D eigenvalue weighted by Gasteiger charge is 2.21. The van der Waals surface area contributed by atoms with E-state index in [4.69, 9.17) is 0 Å². The third-order valence-corrected chi connectivity index (χ3v) is 3.33. The van der Waals surface area contributed by atoms with Crippen molar-refractivity contribution in [3.05, 3.63) is 0 Å². The molecule has 1 unspecified atom stereocenters. The van der Waals surface area contributed by atoms with Crippen LogP contribution in [0, 0.1) is 0 Å². The predicted octanol–water partition coefficient (Wildman–Crippen LogP) is 1.80. The first kappa shape index (κ1) is 14.0. The number of nitrogens with zero attached hydrogens (tertiary/aromatic N) is 1. The third kappa shape index (κ3) is 7.43. The van der Waals surface area contributed by atoms with Gasteiger partial charge in [0.05, 0.1) is 21.1 Å². The second kappa shape index (κ2) is 6.49.